The van der Waals surface area contributed by atoms with Gasteiger partial charge in [0.05, 0.1) is 13.2 Å². The van der Waals surface area contributed by atoms with Crippen molar-refractivity contribution in [1.29, 1.82) is 0 Å². The SMILES string of the molecule is CC([NH+](Cc1cc([O-])c(CO)cc1O)[C@H](CO)C(CO)[NH+](Cc1cc(CO)c(O)cc1O)C(C)P(=O)(O)O)P(=O)([O-])O. The van der Waals surface area contributed by atoms with Crippen LogP contribution < -0.4 is 19.8 Å². The molecule has 12 N–H and O–H groups in total. The number of quaternary nitrogens is 2. The van der Waals surface area contributed by atoms with E-state index in [1.807, 2.05) is 0 Å². The van der Waals surface area contributed by atoms with Gasteiger partial charge >= 0.3 is 7.60 Å². The third kappa shape index (κ3) is 8.41. The molecule has 16 nitrogen and oxygen atoms in total. The molecular formula is C24H38N2O14P2. The minimum atomic E-state index is -5.22. The summed E-state index contributed by atoms with van der Waals surface area (Å²) in [6.07, 6.45) is 0. The summed E-state index contributed by atoms with van der Waals surface area (Å²) in [4.78, 5) is 42.0. The zero-order valence-electron chi connectivity index (χ0n) is 22.9. The molecule has 2 rings (SSSR count). The number of rotatable bonds is 15. The molecule has 0 aliphatic rings. The molecule has 0 radical (unpaired) electrons. The van der Waals surface area contributed by atoms with Crippen molar-refractivity contribution in [3.8, 4) is 23.0 Å². The van der Waals surface area contributed by atoms with Crippen LogP contribution in [0.1, 0.15) is 36.1 Å². The van der Waals surface area contributed by atoms with Crippen LogP contribution in [0.3, 0.4) is 0 Å². The summed E-state index contributed by atoms with van der Waals surface area (Å²) >= 11 is 0. The van der Waals surface area contributed by atoms with Gasteiger partial charge in [0.1, 0.15) is 49.3 Å². The Labute approximate surface area is 241 Å². The van der Waals surface area contributed by atoms with Crippen molar-refractivity contribution in [2.45, 2.75) is 63.8 Å². The molecule has 0 heterocycles. The van der Waals surface area contributed by atoms with Crippen LogP contribution in [0.15, 0.2) is 24.3 Å². The Morgan fingerprint density at radius 2 is 1.12 bits per heavy atom. The van der Waals surface area contributed by atoms with Crippen molar-refractivity contribution in [1.82, 2.24) is 0 Å². The topological polar surface area (TPSA) is 291 Å². The van der Waals surface area contributed by atoms with Crippen molar-refractivity contribution in [2.75, 3.05) is 13.2 Å². The molecular weight excluding hydrogens is 602 g/mol. The Bertz CT molecular complexity index is 1320. The lowest BCUT2D eigenvalue weighted by molar-refractivity contribution is -1.02. The average molecular weight is 641 g/mol. The van der Waals surface area contributed by atoms with Gasteiger partial charge in [0, 0.05) is 22.8 Å². The van der Waals surface area contributed by atoms with Crippen LogP contribution >= 0.6 is 15.2 Å². The summed E-state index contributed by atoms with van der Waals surface area (Å²) in [5.74, 6) is -5.58. The fraction of sp³-hybridized carbons (Fsp3) is 0.500. The number of phenolic OH excluding ortho intramolecular Hbond substituents is 2. The molecule has 18 heteroatoms. The Hall–Kier alpha value is -2.30. The fourth-order valence-corrected chi connectivity index (χ4v) is 6.33. The lowest BCUT2D eigenvalue weighted by atomic mass is 10.0. The van der Waals surface area contributed by atoms with E-state index in [1.165, 1.54) is 6.07 Å². The minimum Gasteiger partial charge on any atom is -0.872 e. The number of hydrogen-bond acceptors (Lipinski definition) is 11. The fourth-order valence-electron chi connectivity index (χ4n) is 4.91. The normalized spacial score (nSPS) is 18.0. The van der Waals surface area contributed by atoms with Crippen molar-refractivity contribution in [3.63, 3.8) is 0 Å². The van der Waals surface area contributed by atoms with Crippen molar-refractivity contribution >= 4 is 15.2 Å². The number of phenols is 3. The van der Waals surface area contributed by atoms with Crippen LogP contribution in [0.5, 0.6) is 23.0 Å². The Kier molecular flexibility index (Phi) is 12.3. The molecule has 0 aromatic heterocycles. The molecule has 2 aromatic rings. The summed E-state index contributed by atoms with van der Waals surface area (Å²) in [5.41, 5.74) is -0.358. The minimum absolute atomic E-state index is 0.0261. The van der Waals surface area contributed by atoms with Gasteiger partial charge in [0.2, 0.25) is 0 Å². The van der Waals surface area contributed by atoms with E-state index < -0.39 is 101 Å². The molecule has 42 heavy (non-hydrogen) atoms. The predicted octanol–water partition coefficient (Wildman–Crippen LogP) is -4.53. The molecule has 238 valence electrons. The van der Waals surface area contributed by atoms with Gasteiger partial charge in [-0.1, -0.05) is 6.07 Å². The van der Waals surface area contributed by atoms with Crippen LogP contribution in [0.4, 0.5) is 0 Å². The number of nitrogens with one attached hydrogen (secondary N) is 2. The molecule has 2 aromatic carbocycles. The summed E-state index contributed by atoms with van der Waals surface area (Å²) in [7, 11) is -10.2. The van der Waals surface area contributed by atoms with E-state index in [2.05, 4.69) is 0 Å². The highest BCUT2D eigenvalue weighted by Gasteiger charge is 2.47. The second kappa shape index (κ2) is 14.4. The van der Waals surface area contributed by atoms with Gasteiger partial charge in [0.15, 0.2) is 25.5 Å². The molecule has 0 fully saturated rings. The largest absolute Gasteiger partial charge is 0.872 e. The molecule has 0 aliphatic carbocycles. The average Bonchev–Trinajstić information content (AvgIpc) is 2.90. The maximum atomic E-state index is 12.4. The third-order valence-electron chi connectivity index (χ3n) is 7.57. The maximum absolute atomic E-state index is 12.4. The number of benzene rings is 2. The second-order valence-corrected chi connectivity index (χ2v) is 14.0. The van der Waals surface area contributed by atoms with E-state index in [4.69, 9.17) is 0 Å². The Balaban J connectivity index is 2.72. The molecule has 0 saturated carbocycles. The van der Waals surface area contributed by atoms with E-state index in [1.54, 1.807) is 0 Å². The van der Waals surface area contributed by atoms with Crippen LogP contribution in [0, 0.1) is 0 Å². The van der Waals surface area contributed by atoms with E-state index in [0.717, 1.165) is 32.0 Å². The molecule has 0 spiro atoms. The van der Waals surface area contributed by atoms with Gasteiger partial charge in [-0.05, 0) is 31.5 Å². The van der Waals surface area contributed by atoms with E-state index in [9.17, 15) is 69.6 Å². The van der Waals surface area contributed by atoms with Gasteiger partial charge in [-0.15, -0.1) is 5.75 Å². The first-order valence-corrected chi connectivity index (χ1v) is 16.0. The molecule has 0 bridgehead atoms. The Morgan fingerprint density at radius 1 is 0.690 bits per heavy atom. The summed E-state index contributed by atoms with van der Waals surface area (Å²) in [6, 6.07) is 1.10. The number of hydrogen-bond donors (Lipinski definition) is 12. The van der Waals surface area contributed by atoms with Crippen molar-refractivity contribution in [2.24, 2.45) is 0 Å². The van der Waals surface area contributed by atoms with Crippen LogP contribution in [0.2, 0.25) is 0 Å². The van der Waals surface area contributed by atoms with Gasteiger partial charge in [-0.3, -0.25) is 4.57 Å². The molecule has 7 atom stereocenters. The zero-order chi connectivity index (χ0) is 32.2. The number of aliphatic hydroxyl groups is 4. The first-order chi connectivity index (χ1) is 19.4. The first kappa shape index (κ1) is 35.9. The standard InChI is InChI=1S/C24H38N2O14P2/c1-13(41(35,36)37)25(7-15-3-17(9-27)24(34)6-23(15)33)19(11-29)20(12-30)26(14(2)42(38,39)40)8-16-4-22(32)18(10-28)5-21(16)31/h3-6,13-14,19-20,27-34H,7-12H2,1-2H3,(H2,35,36,37)(H2,38,39,40)/t13?,14?,19?,20-/m1/s1. The van der Waals surface area contributed by atoms with Gasteiger partial charge < -0.3 is 74.8 Å². The third-order valence-corrected chi connectivity index (χ3v) is 10.2. The van der Waals surface area contributed by atoms with E-state index in [0.29, 0.717) is 0 Å². The highest BCUT2D eigenvalue weighted by atomic mass is 31.2. The molecule has 0 amide bonds. The maximum Gasteiger partial charge on any atom is 0.382 e. The summed E-state index contributed by atoms with van der Waals surface area (Å²) in [5, 5.41) is 83.0. The quantitative estimate of drug-likeness (QED) is 0.0817. The molecule has 6 unspecified atom stereocenters. The first-order valence-electron chi connectivity index (χ1n) is 12.7. The van der Waals surface area contributed by atoms with Gasteiger partial charge in [0.25, 0.3) is 0 Å². The summed E-state index contributed by atoms with van der Waals surface area (Å²) < 4.78 is 24.7. The van der Waals surface area contributed by atoms with Crippen molar-refractivity contribution < 1.29 is 79.4 Å². The smallest absolute Gasteiger partial charge is 0.382 e. The Morgan fingerprint density at radius 3 is 1.55 bits per heavy atom. The van der Waals surface area contributed by atoms with Crippen LogP contribution in [-0.2, 0) is 35.4 Å². The lowest BCUT2D eigenvalue weighted by Crippen LogP contribution is -3.28. The second-order valence-electron chi connectivity index (χ2n) is 10.1. The lowest BCUT2D eigenvalue weighted by Gasteiger charge is -2.42. The number of aromatic hydroxyl groups is 3. The monoisotopic (exact) mass is 640 g/mol. The highest BCUT2D eigenvalue weighted by Crippen LogP contribution is 2.38. The molecule has 0 saturated heterocycles. The molecule has 0 aliphatic heterocycles. The highest BCUT2D eigenvalue weighted by molar-refractivity contribution is 7.52. The van der Waals surface area contributed by atoms with E-state index in [-0.39, 0.29) is 32.1 Å². The van der Waals surface area contributed by atoms with Gasteiger partial charge in [-0.2, -0.15) is 0 Å². The summed E-state index contributed by atoms with van der Waals surface area (Å²) in [6.45, 7) is -2.02. The van der Waals surface area contributed by atoms with Gasteiger partial charge in [-0.25, -0.2) is 0 Å². The zero-order valence-corrected chi connectivity index (χ0v) is 24.6. The van der Waals surface area contributed by atoms with E-state index >= 15 is 0 Å². The van der Waals surface area contributed by atoms with Crippen LogP contribution in [0.25, 0.3) is 0 Å². The predicted molar refractivity (Wildman–Crippen MR) is 141 cm³/mol. The number of aliphatic hydroxyl groups excluding tert-OH is 4. The van der Waals surface area contributed by atoms with Crippen molar-refractivity contribution in [3.05, 3.63) is 46.5 Å². The van der Waals surface area contributed by atoms with Crippen LogP contribution in [-0.4, -0.2) is 87.3 Å².